The largest absolute Gasteiger partial charge is 0.495 e. The molecule has 218 valence electrons. The van der Waals surface area contributed by atoms with Crippen LogP contribution in [0.1, 0.15) is 56.6 Å². The summed E-state index contributed by atoms with van der Waals surface area (Å²) in [5.74, 6) is -0.852. The third-order valence-electron chi connectivity index (χ3n) is 7.13. The number of nitro benzene ring substituents is 1. The molecule has 0 radical (unpaired) electrons. The number of non-ortho nitro benzene ring substituents is 1. The molecule has 0 heterocycles. The number of benzene rings is 2. The van der Waals surface area contributed by atoms with E-state index in [0.29, 0.717) is 6.42 Å². The number of ether oxygens (including phenoxy) is 1. The number of amides is 2. The molecule has 0 aromatic heterocycles. The standard InChI is InChI=1S/C28H38N4O7S/c1-5-24(28(34)29-22-9-7-6-8-10-22)30(18-21-13-11-20(2)12-14-21)27(33)19-31(40(4,37)38)25-17-23(32(35)36)15-16-26(25)39-3/h11-17,22,24H,5-10,18-19H2,1-4H3,(H,29,34)/t24-/m1/s1. The monoisotopic (exact) mass is 574 g/mol. The number of hydrogen-bond donors (Lipinski definition) is 1. The van der Waals surface area contributed by atoms with Crippen LogP contribution in [0.15, 0.2) is 42.5 Å². The van der Waals surface area contributed by atoms with Gasteiger partial charge in [-0.15, -0.1) is 0 Å². The van der Waals surface area contributed by atoms with Gasteiger partial charge in [0.25, 0.3) is 5.69 Å². The van der Waals surface area contributed by atoms with Gasteiger partial charge in [0.15, 0.2) is 0 Å². The number of methoxy groups -OCH3 is 1. The number of rotatable bonds is 12. The average molecular weight is 575 g/mol. The normalized spacial score (nSPS) is 14.7. The third-order valence-corrected chi connectivity index (χ3v) is 8.26. The molecular weight excluding hydrogens is 536 g/mol. The number of aryl methyl sites for hydroxylation is 1. The number of nitro groups is 1. The molecule has 1 fully saturated rings. The second kappa shape index (κ2) is 13.6. The quantitative estimate of drug-likeness (QED) is 0.299. The Morgan fingerprint density at radius 3 is 2.33 bits per heavy atom. The fourth-order valence-corrected chi connectivity index (χ4v) is 5.78. The van der Waals surface area contributed by atoms with Crippen LogP contribution in [0, 0.1) is 17.0 Å². The van der Waals surface area contributed by atoms with Crippen molar-refractivity contribution >= 4 is 33.2 Å². The minimum absolute atomic E-state index is 0.0354. The first-order valence-electron chi connectivity index (χ1n) is 13.4. The molecule has 2 amide bonds. The first-order chi connectivity index (χ1) is 18.9. The van der Waals surface area contributed by atoms with Crippen LogP contribution in [-0.4, -0.2) is 62.0 Å². The van der Waals surface area contributed by atoms with Gasteiger partial charge in [-0.1, -0.05) is 56.0 Å². The summed E-state index contributed by atoms with van der Waals surface area (Å²) in [6.45, 7) is 3.16. The van der Waals surface area contributed by atoms with E-state index in [1.54, 1.807) is 6.92 Å². The predicted octanol–water partition coefficient (Wildman–Crippen LogP) is 3.93. The number of nitrogens with one attached hydrogen (secondary N) is 1. The van der Waals surface area contributed by atoms with E-state index in [1.807, 2.05) is 31.2 Å². The molecule has 0 aliphatic heterocycles. The first-order valence-corrected chi connectivity index (χ1v) is 15.2. The molecule has 1 N–H and O–H groups in total. The van der Waals surface area contributed by atoms with Crippen LogP contribution in [0.25, 0.3) is 0 Å². The van der Waals surface area contributed by atoms with Gasteiger partial charge in [0.05, 0.1) is 18.3 Å². The number of nitrogens with zero attached hydrogens (tertiary/aromatic N) is 3. The van der Waals surface area contributed by atoms with Gasteiger partial charge in [-0.3, -0.25) is 24.0 Å². The molecule has 1 aliphatic rings. The third kappa shape index (κ3) is 7.93. The zero-order valence-corrected chi connectivity index (χ0v) is 24.3. The van der Waals surface area contributed by atoms with Crippen molar-refractivity contribution in [3.05, 3.63) is 63.7 Å². The lowest BCUT2D eigenvalue weighted by molar-refractivity contribution is -0.384. The fourth-order valence-electron chi connectivity index (χ4n) is 4.94. The highest BCUT2D eigenvalue weighted by molar-refractivity contribution is 7.92. The smallest absolute Gasteiger partial charge is 0.271 e. The van der Waals surface area contributed by atoms with Crippen molar-refractivity contribution in [3.63, 3.8) is 0 Å². The fraction of sp³-hybridized carbons (Fsp3) is 0.500. The Morgan fingerprint density at radius 1 is 1.12 bits per heavy atom. The lowest BCUT2D eigenvalue weighted by atomic mass is 9.95. The minimum atomic E-state index is -4.09. The summed E-state index contributed by atoms with van der Waals surface area (Å²) in [7, 11) is -2.79. The van der Waals surface area contributed by atoms with Crippen LogP contribution in [0.2, 0.25) is 0 Å². The van der Waals surface area contributed by atoms with E-state index in [0.717, 1.165) is 59.9 Å². The number of anilines is 1. The molecule has 2 aromatic carbocycles. The van der Waals surface area contributed by atoms with E-state index in [1.165, 1.54) is 24.1 Å². The van der Waals surface area contributed by atoms with Crippen LogP contribution in [0.5, 0.6) is 5.75 Å². The summed E-state index contributed by atoms with van der Waals surface area (Å²) >= 11 is 0. The summed E-state index contributed by atoms with van der Waals surface area (Å²) in [5, 5.41) is 14.5. The number of sulfonamides is 1. The molecule has 1 saturated carbocycles. The number of carbonyl (C=O) groups excluding carboxylic acids is 2. The van der Waals surface area contributed by atoms with E-state index < -0.39 is 33.4 Å². The lowest BCUT2D eigenvalue weighted by Gasteiger charge is -2.34. The van der Waals surface area contributed by atoms with Crippen LogP contribution in [-0.2, 0) is 26.2 Å². The second-order valence-corrected chi connectivity index (χ2v) is 12.1. The zero-order valence-electron chi connectivity index (χ0n) is 23.5. The van der Waals surface area contributed by atoms with E-state index in [2.05, 4.69) is 5.32 Å². The molecule has 0 unspecified atom stereocenters. The first kappa shape index (κ1) is 30.9. The van der Waals surface area contributed by atoms with Gasteiger partial charge >= 0.3 is 0 Å². The van der Waals surface area contributed by atoms with Gasteiger partial charge in [0.2, 0.25) is 21.8 Å². The Kier molecular flexibility index (Phi) is 10.5. The van der Waals surface area contributed by atoms with Crippen molar-refractivity contribution in [2.75, 3.05) is 24.2 Å². The maximum atomic E-state index is 13.9. The second-order valence-electron chi connectivity index (χ2n) is 10.2. The van der Waals surface area contributed by atoms with Crippen molar-refractivity contribution in [1.82, 2.24) is 10.2 Å². The van der Waals surface area contributed by atoms with Crippen LogP contribution in [0.3, 0.4) is 0 Å². The molecular formula is C28H38N4O7S. The van der Waals surface area contributed by atoms with Gasteiger partial charge < -0.3 is 15.0 Å². The average Bonchev–Trinajstić information content (AvgIpc) is 2.92. The van der Waals surface area contributed by atoms with Crippen molar-refractivity contribution < 1.29 is 27.7 Å². The van der Waals surface area contributed by atoms with Crippen molar-refractivity contribution in [3.8, 4) is 5.75 Å². The van der Waals surface area contributed by atoms with Crippen molar-refractivity contribution in [1.29, 1.82) is 0 Å². The maximum Gasteiger partial charge on any atom is 0.271 e. The van der Waals surface area contributed by atoms with E-state index >= 15 is 0 Å². The number of carbonyl (C=O) groups is 2. The van der Waals surface area contributed by atoms with Crippen LogP contribution < -0.4 is 14.4 Å². The van der Waals surface area contributed by atoms with Crippen LogP contribution in [0.4, 0.5) is 11.4 Å². The summed E-state index contributed by atoms with van der Waals surface area (Å²) in [5.41, 5.74) is 1.32. The highest BCUT2D eigenvalue weighted by Gasteiger charge is 2.34. The van der Waals surface area contributed by atoms with Gasteiger partial charge in [-0.25, -0.2) is 8.42 Å². The predicted molar refractivity (Wildman–Crippen MR) is 153 cm³/mol. The van der Waals surface area contributed by atoms with Gasteiger partial charge in [0, 0.05) is 24.7 Å². The molecule has 3 rings (SSSR count). The summed E-state index contributed by atoms with van der Waals surface area (Å²) < 4.78 is 31.9. The lowest BCUT2D eigenvalue weighted by Crippen LogP contribution is -2.54. The SMILES string of the molecule is CC[C@H](C(=O)NC1CCCCC1)N(Cc1ccc(C)cc1)C(=O)CN(c1cc([N+](=O)[O-])ccc1OC)S(C)(=O)=O. The summed E-state index contributed by atoms with van der Waals surface area (Å²) in [6, 6.07) is 10.3. The van der Waals surface area contributed by atoms with Crippen molar-refractivity contribution in [2.24, 2.45) is 0 Å². The Bertz CT molecular complexity index is 1310. The summed E-state index contributed by atoms with van der Waals surface area (Å²) in [6.07, 6.45) is 6.17. The molecule has 11 nitrogen and oxygen atoms in total. The molecule has 0 spiro atoms. The Labute approximate surface area is 235 Å². The highest BCUT2D eigenvalue weighted by Crippen LogP contribution is 2.34. The van der Waals surface area contributed by atoms with E-state index in [4.69, 9.17) is 4.74 Å². The van der Waals surface area contributed by atoms with Crippen LogP contribution >= 0.6 is 0 Å². The topological polar surface area (TPSA) is 139 Å². The molecule has 1 atom stereocenters. The Balaban J connectivity index is 1.99. The van der Waals surface area contributed by atoms with Gasteiger partial charge in [-0.2, -0.15) is 0 Å². The Morgan fingerprint density at radius 2 is 1.77 bits per heavy atom. The molecule has 0 bridgehead atoms. The maximum absolute atomic E-state index is 13.9. The molecule has 0 saturated heterocycles. The molecule has 1 aliphatic carbocycles. The molecule has 40 heavy (non-hydrogen) atoms. The highest BCUT2D eigenvalue weighted by atomic mass is 32.2. The number of hydrogen-bond acceptors (Lipinski definition) is 7. The van der Waals surface area contributed by atoms with Crippen molar-refractivity contribution in [2.45, 2.75) is 71.0 Å². The molecule has 2 aromatic rings. The minimum Gasteiger partial charge on any atom is -0.495 e. The summed E-state index contributed by atoms with van der Waals surface area (Å²) in [4.78, 5) is 39.6. The van der Waals surface area contributed by atoms with E-state index in [9.17, 15) is 28.1 Å². The van der Waals surface area contributed by atoms with E-state index in [-0.39, 0.29) is 35.6 Å². The molecule has 12 heteroatoms. The zero-order chi connectivity index (χ0) is 29.4. The van der Waals surface area contributed by atoms with Gasteiger partial charge in [0.1, 0.15) is 24.0 Å². The van der Waals surface area contributed by atoms with Gasteiger partial charge in [-0.05, 0) is 37.8 Å². The Hall–Kier alpha value is -3.67.